The molecule has 6 nitrogen and oxygen atoms in total. The predicted molar refractivity (Wildman–Crippen MR) is 141 cm³/mol. The van der Waals surface area contributed by atoms with Gasteiger partial charge in [-0.05, 0) is 74.2 Å². The highest BCUT2D eigenvalue weighted by atomic mass is 32.2. The summed E-state index contributed by atoms with van der Waals surface area (Å²) in [6.45, 7) is 7.07. The average molecular weight is 475 g/mol. The summed E-state index contributed by atoms with van der Waals surface area (Å²) in [4.78, 5) is 18.7. The van der Waals surface area contributed by atoms with Gasteiger partial charge in [0.1, 0.15) is 12.4 Å². The lowest BCUT2D eigenvalue weighted by Crippen LogP contribution is -2.31. The standard InChI is InChI=1S/C27H30N4O2S/c1-18(2)31-17-29-23-10-7-21(15-25(23)31)30-12-13-33-26-14-20(6-11-24(26)30)27(32)28-16-19-4-8-22(34-3)9-5-19/h4-11,14-15,18,29H,12-13,16-17H2,1-3H3,(H,28,32). The number of benzene rings is 3. The maximum atomic E-state index is 12.8. The zero-order chi connectivity index (χ0) is 23.7. The van der Waals surface area contributed by atoms with Crippen molar-refractivity contribution < 1.29 is 9.53 Å². The molecule has 0 aromatic heterocycles. The third-order valence-electron chi connectivity index (χ3n) is 6.36. The van der Waals surface area contributed by atoms with Gasteiger partial charge in [-0.1, -0.05) is 12.1 Å². The van der Waals surface area contributed by atoms with Crippen LogP contribution in [0.15, 0.2) is 65.6 Å². The van der Waals surface area contributed by atoms with Gasteiger partial charge in [0, 0.05) is 28.7 Å². The molecule has 0 fully saturated rings. The second-order valence-electron chi connectivity index (χ2n) is 8.81. The van der Waals surface area contributed by atoms with Crippen molar-refractivity contribution in [2.75, 3.05) is 41.2 Å². The zero-order valence-electron chi connectivity index (χ0n) is 19.8. The maximum absolute atomic E-state index is 12.8. The van der Waals surface area contributed by atoms with E-state index >= 15 is 0 Å². The van der Waals surface area contributed by atoms with Gasteiger partial charge in [0.2, 0.25) is 0 Å². The van der Waals surface area contributed by atoms with Crippen LogP contribution in [0.4, 0.5) is 22.7 Å². The largest absolute Gasteiger partial charge is 0.490 e. The van der Waals surface area contributed by atoms with E-state index in [9.17, 15) is 4.79 Å². The third kappa shape index (κ3) is 4.40. The van der Waals surface area contributed by atoms with Gasteiger partial charge in [-0.2, -0.15) is 0 Å². The number of amides is 1. The molecule has 0 atom stereocenters. The van der Waals surface area contributed by atoms with Gasteiger partial charge in [0.15, 0.2) is 0 Å². The van der Waals surface area contributed by atoms with Crippen LogP contribution in [-0.4, -0.2) is 38.0 Å². The molecule has 0 bridgehead atoms. The summed E-state index contributed by atoms with van der Waals surface area (Å²) >= 11 is 1.71. The summed E-state index contributed by atoms with van der Waals surface area (Å²) in [6, 6.07) is 20.9. The van der Waals surface area contributed by atoms with Crippen molar-refractivity contribution in [3.05, 3.63) is 71.8 Å². The molecule has 5 rings (SSSR count). The molecule has 0 saturated heterocycles. The first-order valence-electron chi connectivity index (χ1n) is 11.6. The van der Waals surface area contributed by atoms with Crippen LogP contribution in [-0.2, 0) is 6.54 Å². The van der Waals surface area contributed by atoms with Crippen molar-refractivity contribution in [3.8, 4) is 5.75 Å². The van der Waals surface area contributed by atoms with Gasteiger partial charge in [-0.15, -0.1) is 11.8 Å². The van der Waals surface area contributed by atoms with Gasteiger partial charge >= 0.3 is 0 Å². The van der Waals surface area contributed by atoms with E-state index in [2.05, 4.69) is 70.9 Å². The number of nitrogens with zero attached hydrogens (tertiary/aromatic N) is 2. The maximum Gasteiger partial charge on any atom is 0.251 e. The highest BCUT2D eigenvalue weighted by Gasteiger charge is 2.25. The topological polar surface area (TPSA) is 56.8 Å². The fourth-order valence-electron chi connectivity index (χ4n) is 4.45. The third-order valence-corrected chi connectivity index (χ3v) is 7.11. The van der Waals surface area contributed by atoms with Crippen molar-refractivity contribution in [1.29, 1.82) is 0 Å². The second kappa shape index (κ2) is 9.50. The van der Waals surface area contributed by atoms with E-state index in [1.807, 2.05) is 30.3 Å². The fourth-order valence-corrected chi connectivity index (χ4v) is 4.86. The minimum absolute atomic E-state index is 0.103. The van der Waals surface area contributed by atoms with Crippen LogP contribution in [0, 0.1) is 0 Å². The molecular weight excluding hydrogens is 444 g/mol. The fraction of sp³-hybridized carbons (Fsp3) is 0.296. The van der Waals surface area contributed by atoms with Crippen LogP contribution < -0.4 is 25.2 Å². The number of hydrogen-bond donors (Lipinski definition) is 2. The van der Waals surface area contributed by atoms with E-state index in [0.29, 0.717) is 24.8 Å². The van der Waals surface area contributed by atoms with Crippen LogP contribution in [0.3, 0.4) is 0 Å². The highest BCUT2D eigenvalue weighted by Crippen LogP contribution is 2.41. The molecule has 2 heterocycles. The van der Waals surface area contributed by atoms with Crippen LogP contribution in [0.25, 0.3) is 0 Å². The van der Waals surface area contributed by atoms with E-state index in [-0.39, 0.29) is 5.91 Å². The molecule has 176 valence electrons. The predicted octanol–water partition coefficient (Wildman–Crippen LogP) is 5.47. The number of rotatable bonds is 6. The molecule has 1 amide bonds. The number of carbonyl (C=O) groups is 1. The Kier molecular flexibility index (Phi) is 6.28. The molecule has 3 aromatic rings. The number of nitrogens with one attached hydrogen (secondary N) is 2. The summed E-state index contributed by atoms with van der Waals surface area (Å²) < 4.78 is 5.96. The summed E-state index contributed by atoms with van der Waals surface area (Å²) in [5.74, 6) is 0.635. The van der Waals surface area contributed by atoms with Crippen molar-refractivity contribution in [3.63, 3.8) is 0 Å². The lowest BCUT2D eigenvalue weighted by atomic mass is 10.1. The number of anilines is 4. The smallest absolute Gasteiger partial charge is 0.251 e. The van der Waals surface area contributed by atoms with Crippen molar-refractivity contribution in [2.24, 2.45) is 0 Å². The van der Waals surface area contributed by atoms with E-state index < -0.39 is 0 Å². The molecular formula is C27H30N4O2S. The molecule has 0 saturated carbocycles. The summed E-state index contributed by atoms with van der Waals surface area (Å²) in [5, 5.41) is 6.49. The van der Waals surface area contributed by atoms with Crippen molar-refractivity contribution in [2.45, 2.75) is 31.3 Å². The van der Waals surface area contributed by atoms with Crippen LogP contribution in [0.5, 0.6) is 5.75 Å². The lowest BCUT2D eigenvalue weighted by molar-refractivity contribution is 0.0950. The molecule has 0 spiro atoms. The van der Waals surface area contributed by atoms with Crippen LogP contribution >= 0.6 is 11.8 Å². The summed E-state index contributed by atoms with van der Waals surface area (Å²) in [6.07, 6.45) is 2.05. The van der Waals surface area contributed by atoms with Gasteiger partial charge in [0.05, 0.1) is 30.3 Å². The molecule has 34 heavy (non-hydrogen) atoms. The Morgan fingerprint density at radius 1 is 1.09 bits per heavy atom. The Morgan fingerprint density at radius 2 is 1.91 bits per heavy atom. The van der Waals surface area contributed by atoms with Crippen molar-refractivity contribution in [1.82, 2.24) is 5.32 Å². The first-order chi connectivity index (χ1) is 16.5. The van der Waals surface area contributed by atoms with Gasteiger partial charge in [-0.3, -0.25) is 4.79 Å². The number of fused-ring (bicyclic) bond motifs is 2. The molecule has 2 aliphatic heterocycles. The molecule has 2 N–H and O–H groups in total. The molecule has 3 aromatic carbocycles. The quantitative estimate of drug-likeness (QED) is 0.462. The summed E-state index contributed by atoms with van der Waals surface area (Å²) in [7, 11) is 0. The molecule has 0 radical (unpaired) electrons. The van der Waals surface area contributed by atoms with E-state index in [0.717, 1.165) is 35.9 Å². The first kappa shape index (κ1) is 22.5. The Morgan fingerprint density at radius 3 is 2.68 bits per heavy atom. The Hall–Kier alpha value is -3.32. The Balaban J connectivity index is 1.33. The number of hydrogen-bond acceptors (Lipinski definition) is 6. The molecule has 7 heteroatoms. The lowest BCUT2D eigenvalue weighted by Gasteiger charge is -2.32. The molecule has 0 aliphatic carbocycles. The number of carbonyl (C=O) groups excluding carboxylic acids is 1. The van der Waals surface area contributed by atoms with Gasteiger partial charge in [0.25, 0.3) is 5.91 Å². The Bertz CT molecular complexity index is 1200. The minimum atomic E-state index is -0.103. The number of ether oxygens (including phenoxy) is 1. The normalized spacial score (nSPS) is 14.4. The SMILES string of the molecule is CSc1ccc(CNC(=O)c2ccc3c(c2)OCCN3c2ccc3c(c2)N(C(C)C)CN3)cc1. The minimum Gasteiger partial charge on any atom is -0.490 e. The first-order valence-corrected chi connectivity index (χ1v) is 12.9. The monoisotopic (exact) mass is 474 g/mol. The van der Waals surface area contributed by atoms with Crippen LogP contribution in [0.1, 0.15) is 29.8 Å². The van der Waals surface area contributed by atoms with Crippen molar-refractivity contribution >= 4 is 40.4 Å². The van der Waals surface area contributed by atoms with Gasteiger partial charge < -0.3 is 25.2 Å². The zero-order valence-corrected chi connectivity index (χ0v) is 20.6. The van der Waals surface area contributed by atoms with Gasteiger partial charge in [-0.25, -0.2) is 0 Å². The Labute approximate surface area is 205 Å². The molecule has 2 aliphatic rings. The van der Waals surface area contributed by atoms with Crippen LogP contribution in [0.2, 0.25) is 0 Å². The van der Waals surface area contributed by atoms with E-state index in [4.69, 9.17) is 4.74 Å². The second-order valence-corrected chi connectivity index (χ2v) is 9.69. The highest BCUT2D eigenvalue weighted by molar-refractivity contribution is 7.98. The van der Waals surface area contributed by atoms with E-state index in [1.165, 1.54) is 16.3 Å². The average Bonchev–Trinajstić information content (AvgIpc) is 3.30. The molecule has 0 unspecified atom stereocenters. The van der Waals surface area contributed by atoms with E-state index in [1.54, 1.807) is 11.8 Å². The number of thioether (sulfide) groups is 1. The summed E-state index contributed by atoms with van der Waals surface area (Å²) in [5.41, 5.74) is 6.18.